The predicted octanol–water partition coefficient (Wildman–Crippen LogP) is 17.7. The van der Waals surface area contributed by atoms with Crippen molar-refractivity contribution in [2.24, 2.45) is 0 Å². The minimum Gasteiger partial charge on any atom is -0.311 e. The Hall–Kier alpha value is -8.72. The van der Waals surface area contributed by atoms with E-state index in [-0.39, 0.29) is 0 Å². The lowest BCUT2D eigenvalue weighted by atomic mass is 9.98. The predicted molar refractivity (Wildman–Crippen MR) is 280 cm³/mol. The molecule has 0 saturated carbocycles. The minimum absolute atomic E-state index is 1.10. The summed E-state index contributed by atoms with van der Waals surface area (Å²) in [5.74, 6) is 0. The molecule has 0 fully saturated rings. The largest absolute Gasteiger partial charge is 0.311 e. The summed E-state index contributed by atoms with van der Waals surface area (Å²) < 4.78 is 2.39. The van der Waals surface area contributed by atoms with Crippen LogP contribution in [0.15, 0.2) is 267 Å². The van der Waals surface area contributed by atoms with E-state index >= 15 is 0 Å². The van der Waals surface area contributed by atoms with Gasteiger partial charge in [-0.05, 0) is 133 Å². The first-order valence-corrected chi connectivity index (χ1v) is 22.7. The van der Waals surface area contributed by atoms with Gasteiger partial charge in [0.1, 0.15) is 0 Å². The second-order valence-corrected chi connectivity index (χ2v) is 16.9. The molecule has 0 aliphatic heterocycles. The lowest BCUT2D eigenvalue weighted by Crippen LogP contribution is -2.09. The zero-order valence-corrected chi connectivity index (χ0v) is 36.3. The van der Waals surface area contributed by atoms with Crippen LogP contribution in [0.5, 0.6) is 0 Å². The summed E-state index contributed by atoms with van der Waals surface area (Å²) in [4.78, 5) is 2.35. The molecule has 0 spiro atoms. The van der Waals surface area contributed by atoms with Gasteiger partial charge in [0.05, 0.1) is 11.0 Å². The lowest BCUT2D eigenvalue weighted by molar-refractivity contribution is 1.18. The van der Waals surface area contributed by atoms with E-state index in [0.717, 1.165) is 22.7 Å². The number of nitrogens with zero attached hydrogens (tertiary/aromatic N) is 2. The maximum atomic E-state index is 2.39. The Labute approximate surface area is 385 Å². The molecule has 0 amide bonds. The zero-order valence-electron chi connectivity index (χ0n) is 36.3. The van der Waals surface area contributed by atoms with Gasteiger partial charge in [-0.15, -0.1) is 0 Å². The van der Waals surface area contributed by atoms with Crippen LogP contribution in [0, 0.1) is 0 Å². The van der Waals surface area contributed by atoms with Crippen LogP contribution >= 0.6 is 0 Å². The highest BCUT2D eigenvalue weighted by atomic mass is 15.1. The first kappa shape index (κ1) is 38.9. The highest BCUT2D eigenvalue weighted by molar-refractivity contribution is 6.10. The van der Waals surface area contributed by atoms with Gasteiger partial charge in [-0.2, -0.15) is 0 Å². The SMILES string of the molecule is c1ccc(-c2ccc(N(c3ccc(-c4ccc(-c5ccc6c(c5)c5ccccc5n6-c5ccc(-c6ccccc6)cc5)cc4)cc3)c3ccc(-c4cccc5ccccc45)cc3)cc2)cc1. The number of para-hydroxylation sites is 1. The number of rotatable bonds is 9. The average molecular weight is 841 g/mol. The van der Waals surface area contributed by atoms with E-state index in [2.05, 4.69) is 276 Å². The van der Waals surface area contributed by atoms with E-state index < -0.39 is 0 Å². The number of hydrogen-bond acceptors (Lipinski definition) is 1. The van der Waals surface area contributed by atoms with Gasteiger partial charge in [-0.3, -0.25) is 0 Å². The highest BCUT2D eigenvalue weighted by Crippen LogP contribution is 2.40. The zero-order chi connectivity index (χ0) is 43.8. The summed E-state index contributed by atoms with van der Waals surface area (Å²) >= 11 is 0. The van der Waals surface area contributed by atoms with Gasteiger partial charge in [0.25, 0.3) is 0 Å². The van der Waals surface area contributed by atoms with E-state index in [1.807, 2.05) is 0 Å². The van der Waals surface area contributed by atoms with Crippen molar-refractivity contribution in [3.8, 4) is 61.3 Å². The molecule has 0 N–H and O–H groups in total. The molecule has 1 heterocycles. The van der Waals surface area contributed by atoms with Crippen molar-refractivity contribution >= 4 is 49.6 Å². The Morgan fingerprint density at radius 2 is 0.636 bits per heavy atom. The molecule has 0 bridgehead atoms. The van der Waals surface area contributed by atoms with Gasteiger partial charge in [0.2, 0.25) is 0 Å². The standard InChI is InChI=1S/C64H44N2/c1-3-12-45(13-4-1)48-26-35-55(36-27-48)65(57-41-32-53(33-42-57)60-20-11-17-52-16-7-8-18-59(52)60)56-37-28-50(29-38-56)47-22-24-51(25-23-47)54-34-43-64-62(44-54)61-19-9-10-21-63(61)66(64)58-39-30-49(31-40-58)46-14-5-2-6-15-46/h1-44H. The second-order valence-electron chi connectivity index (χ2n) is 16.9. The molecule has 2 heteroatoms. The van der Waals surface area contributed by atoms with Crippen molar-refractivity contribution in [1.82, 2.24) is 4.57 Å². The minimum atomic E-state index is 1.10. The number of fused-ring (bicyclic) bond motifs is 4. The van der Waals surface area contributed by atoms with Gasteiger partial charge < -0.3 is 9.47 Å². The Morgan fingerprint density at radius 1 is 0.242 bits per heavy atom. The first-order valence-electron chi connectivity index (χ1n) is 22.7. The third kappa shape index (κ3) is 7.21. The molecule has 12 aromatic rings. The van der Waals surface area contributed by atoms with E-state index in [0.29, 0.717) is 0 Å². The van der Waals surface area contributed by atoms with Crippen LogP contribution in [-0.4, -0.2) is 4.57 Å². The highest BCUT2D eigenvalue weighted by Gasteiger charge is 2.16. The van der Waals surface area contributed by atoms with Crippen LogP contribution in [0.25, 0.3) is 93.9 Å². The first-order chi connectivity index (χ1) is 32.7. The van der Waals surface area contributed by atoms with Gasteiger partial charge in [-0.25, -0.2) is 0 Å². The molecule has 0 unspecified atom stereocenters. The summed E-state index contributed by atoms with van der Waals surface area (Å²) in [7, 11) is 0. The monoisotopic (exact) mass is 840 g/mol. The summed E-state index contributed by atoms with van der Waals surface area (Å²) in [5.41, 5.74) is 18.9. The summed E-state index contributed by atoms with van der Waals surface area (Å²) in [5, 5.41) is 5.01. The maximum Gasteiger partial charge on any atom is 0.0541 e. The molecular weight excluding hydrogens is 797 g/mol. The van der Waals surface area contributed by atoms with Gasteiger partial charge >= 0.3 is 0 Å². The number of aromatic nitrogens is 1. The van der Waals surface area contributed by atoms with Crippen LogP contribution in [0.1, 0.15) is 0 Å². The lowest BCUT2D eigenvalue weighted by Gasteiger charge is -2.26. The van der Waals surface area contributed by atoms with Crippen molar-refractivity contribution in [3.05, 3.63) is 267 Å². The average Bonchev–Trinajstić information content (AvgIpc) is 3.73. The van der Waals surface area contributed by atoms with Crippen LogP contribution < -0.4 is 4.90 Å². The van der Waals surface area contributed by atoms with Gasteiger partial charge in [0.15, 0.2) is 0 Å². The molecule has 0 saturated heterocycles. The molecule has 1 aromatic heterocycles. The molecule has 0 radical (unpaired) electrons. The number of anilines is 3. The van der Waals surface area contributed by atoms with Crippen molar-refractivity contribution in [2.45, 2.75) is 0 Å². The van der Waals surface area contributed by atoms with Crippen molar-refractivity contribution in [2.75, 3.05) is 4.90 Å². The van der Waals surface area contributed by atoms with Crippen LogP contribution in [0.4, 0.5) is 17.1 Å². The number of benzene rings is 11. The fourth-order valence-corrected chi connectivity index (χ4v) is 9.67. The third-order valence-corrected chi connectivity index (χ3v) is 13.0. The smallest absolute Gasteiger partial charge is 0.0541 e. The third-order valence-electron chi connectivity index (χ3n) is 13.0. The fourth-order valence-electron chi connectivity index (χ4n) is 9.67. The van der Waals surface area contributed by atoms with Crippen molar-refractivity contribution in [1.29, 1.82) is 0 Å². The topological polar surface area (TPSA) is 8.17 Å². The molecule has 66 heavy (non-hydrogen) atoms. The van der Waals surface area contributed by atoms with E-state index in [1.165, 1.54) is 88.2 Å². The summed E-state index contributed by atoms with van der Waals surface area (Å²) in [6.07, 6.45) is 0. The number of hydrogen-bond donors (Lipinski definition) is 0. The molecule has 0 aliphatic rings. The normalized spacial score (nSPS) is 11.3. The molecule has 0 atom stereocenters. The Balaban J connectivity index is 0.845. The van der Waals surface area contributed by atoms with Crippen LogP contribution in [0.2, 0.25) is 0 Å². The maximum absolute atomic E-state index is 2.39. The molecule has 2 nitrogen and oxygen atoms in total. The van der Waals surface area contributed by atoms with E-state index in [4.69, 9.17) is 0 Å². The molecule has 0 aliphatic carbocycles. The van der Waals surface area contributed by atoms with Gasteiger partial charge in [-0.1, -0.05) is 200 Å². The van der Waals surface area contributed by atoms with Gasteiger partial charge in [0, 0.05) is 33.5 Å². The summed E-state index contributed by atoms with van der Waals surface area (Å²) in [6, 6.07) is 96.7. The Morgan fingerprint density at radius 3 is 1.21 bits per heavy atom. The van der Waals surface area contributed by atoms with Crippen LogP contribution in [-0.2, 0) is 0 Å². The fraction of sp³-hybridized carbons (Fsp3) is 0. The molecular formula is C64H44N2. The summed E-state index contributed by atoms with van der Waals surface area (Å²) in [6.45, 7) is 0. The molecule has 310 valence electrons. The second kappa shape index (κ2) is 16.8. The van der Waals surface area contributed by atoms with E-state index in [1.54, 1.807) is 0 Å². The van der Waals surface area contributed by atoms with E-state index in [9.17, 15) is 0 Å². The quantitative estimate of drug-likeness (QED) is 0.141. The molecule has 12 rings (SSSR count). The van der Waals surface area contributed by atoms with Crippen molar-refractivity contribution < 1.29 is 0 Å². The Kier molecular flexibility index (Phi) is 9.89. The van der Waals surface area contributed by atoms with Crippen molar-refractivity contribution in [3.63, 3.8) is 0 Å². The Bertz CT molecular complexity index is 3620. The molecule has 11 aromatic carbocycles. The van der Waals surface area contributed by atoms with Crippen LogP contribution in [0.3, 0.4) is 0 Å².